The van der Waals surface area contributed by atoms with Crippen molar-refractivity contribution in [2.75, 3.05) is 6.54 Å². The first-order valence-electron chi connectivity index (χ1n) is 8.08. The Hall–Kier alpha value is -3.29. The summed E-state index contributed by atoms with van der Waals surface area (Å²) in [7, 11) is 0. The standard InChI is InChI=1S/C18H15F2N5O/c1-9-11(16-12(19)3-4-13(20)17(16)22-9)6-7-21-18(26)10-2-5-14-15(8-10)24-25-23-14/h2-5,8,22H,6-7H2,1H3,(H,21,26)(H,23,24,25). The van der Waals surface area contributed by atoms with E-state index in [1.807, 2.05) is 0 Å². The maximum absolute atomic E-state index is 14.1. The maximum atomic E-state index is 14.1. The summed E-state index contributed by atoms with van der Waals surface area (Å²) in [6.45, 7) is 2.05. The summed E-state index contributed by atoms with van der Waals surface area (Å²) in [5.41, 5.74) is 3.22. The smallest absolute Gasteiger partial charge is 0.251 e. The van der Waals surface area contributed by atoms with Gasteiger partial charge in [-0.2, -0.15) is 15.4 Å². The van der Waals surface area contributed by atoms with Gasteiger partial charge in [0.1, 0.15) is 22.7 Å². The number of fused-ring (bicyclic) bond motifs is 2. The molecule has 4 rings (SSSR count). The van der Waals surface area contributed by atoms with Crippen LogP contribution < -0.4 is 5.32 Å². The Morgan fingerprint density at radius 2 is 1.88 bits per heavy atom. The normalized spacial score (nSPS) is 11.3. The monoisotopic (exact) mass is 355 g/mol. The molecule has 132 valence electrons. The SMILES string of the molecule is Cc1[nH]c2c(F)ccc(F)c2c1CCNC(=O)c1ccc2n[nH]nc2c1. The zero-order chi connectivity index (χ0) is 18.3. The number of benzene rings is 2. The number of halogens is 2. The van der Waals surface area contributed by atoms with Gasteiger partial charge in [-0.1, -0.05) is 0 Å². The van der Waals surface area contributed by atoms with E-state index in [4.69, 9.17) is 0 Å². The second-order valence-corrected chi connectivity index (χ2v) is 6.04. The van der Waals surface area contributed by atoms with Gasteiger partial charge in [0.05, 0.1) is 5.52 Å². The highest BCUT2D eigenvalue weighted by atomic mass is 19.1. The van der Waals surface area contributed by atoms with E-state index in [1.54, 1.807) is 25.1 Å². The van der Waals surface area contributed by atoms with Crippen molar-refractivity contribution in [3.8, 4) is 0 Å². The van der Waals surface area contributed by atoms with Crippen LogP contribution in [0.4, 0.5) is 8.78 Å². The highest BCUT2D eigenvalue weighted by molar-refractivity contribution is 5.97. The summed E-state index contributed by atoms with van der Waals surface area (Å²) >= 11 is 0. The predicted octanol–water partition coefficient (Wildman–Crippen LogP) is 3.00. The minimum Gasteiger partial charge on any atom is -0.356 e. The van der Waals surface area contributed by atoms with Gasteiger partial charge in [0, 0.05) is 23.2 Å². The molecule has 0 saturated carbocycles. The highest BCUT2D eigenvalue weighted by Gasteiger charge is 2.16. The molecule has 0 aliphatic carbocycles. The first-order valence-corrected chi connectivity index (χ1v) is 8.08. The number of hydrogen-bond acceptors (Lipinski definition) is 3. The number of aryl methyl sites for hydroxylation is 1. The average Bonchev–Trinajstić information content (AvgIpc) is 3.22. The molecular weight excluding hydrogens is 340 g/mol. The van der Waals surface area contributed by atoms with Gasteiger partial charge < -0.3 is 10.3 Å². The van der Waals surface area contributed by atoms with E-state index < -0.39 is 11.6 Å². The van der Waals surface area contributed by atoms with Crippen LogP contribution >= 0.6 is 0 Å². The van der Waals surface area contributed by atoms with Crippen LogP contribution in [0.15, 0.2) is 30.3 Å². The molecule has 6 nitrogen and oxygen atoms in total. The summed E-state index contributed by atoms with van der Waals surface area (Å²) in [4.78, 5) is 15.2. The van der Waals surface area contributed by atoms with Gasteiger partial charge in [-0.25, -0.2) is 8.78 Å². The molecule has 8 heteroatoms. The lowest BCUT2D eigenvalue weighted by atomic mass is 10.1. The highest BCUT2D eigenvalue weighted by Crippen LogP contribution is 2.27. The molecule has 0 aliphatic heterocycles. The van der Waals surface area contributed by atoms with Gasteiger partial charge in [0.25, 0.3) is 5.91 Å². The summed E-state index contributed by atoms with van der Waals surface area (Å²) in [5.74, 6) is -1.25. The Morgan fingerprint density at radius 3 is 2.73 bits per heavy atom. The zero-order valence-corrected chi connectivity index (χ0v) is 13.9. The van der Waals surface area contributed by atoms with Gasteiger partial charge in [0.2, 0.25) is 0 Å². The summed E-state index contributed by atoms with van der Waals surface area (Å²) in [6, 6.07) is 7.21. The van der Waals surface area contributed by atoms with Gasteiger partial charge in [0.15, 0.2) is 0 Å². The Labute approximate surface area is 146 Å². The third-order valence-corrected chi connectivity index (χ3v) is 4.41. The number of aromatic nitrogens is 4. The van der Waals surface area contributed by atoms with Gasteiger partial charge in [-0.05, 0) is 49.2 Å². The topological polar surface area (TPSA) is 86.5 Å². The van der Waals surface area contributed by atoms with E-state index in [9.17, 15) is 13.6 Å². The lowest BCUT2D eigenvalue weighted by Gasteiger charge is -2.06. The number of hydrogen-bond donors (Lipinski definition) is 3. The molecule has 3 N–H and O–H groups in total. The lowest BCUT2D eigenvalue weighted by Crippen LogP contribution is -2.25. The number of carbonyl (C=O) groups is 1. The number of H-pyrrole nitrogens is 2. The van der Waals surface area contributed by atoms with Crippen molar-refractivity contribution in [3.63, 3.8) is 0 Å². The quantitative estimate of drug-likeness (QED) is 0.526. The molecule has 26 heavy (non-hydrogen) atoms. The summed E-state index contributed by atoms with van der Waals surface area (Å²) in [6.07, 6.45) is 0.379. The van der Waals surface area contributed by atoms with Crippen LogP contribution in [0.25, 0.3) is 21.9 Å². The Balaban J connectivity index is 1.51. The third-order valence-electron chi connectivity index (χ3n) is 4.41. The van der Waals surface area contributed by atoms with E-state index in [0.29, 0.717) is 40.8 Å². The first-order chi connectivity index (χ1) is 12.5. The van der Waals surface area contributed by atoms with Crippen molar-refractivity contribution < 1.29 is 13.6 Å². The van der Waals surface area contributed by atoms with Crippen LogP contribution in [0.3, 0.4) is 0 Å². The van der Waals surface area contributed by atoms with Crippen molar-refractivity contribution in [2.45, 2.75) is 13.3 Å². The van der Waals surface area contributed by atoms with E-state index in [-0.39, 0.29) is 16.8 Å². The van der Waals surface area contributed by atoms with Crippen molar-refractivity contribution in [1.29, 1.82) is 0 Å². The van der Waals surface area contributed by atoms with Crippen LogP contribution in [0.5, 0.6) is 0 Å². The fourth-order valence-corrected chi connectivity index (χ4v) is 3.12. The summed E-state index contributed by atoms with van der Waals surface area (Å²) < 4.78 is 28.0. The molecule has 0 radical (unpaired) electrons. The minimum atomic E-state index is -0.499. The largest absolute Gasteiger partial charge is 0.356 e. The van der Waals surface area contributed by atoms with Crippen LogP contribution in [-0.2, 0) is 6.42 Å². The molecule has 0 aliphatic rings. The van der Waals surface area contributed by atoms with E-state index >= 15 is 0 Å². The van der Waals surface area contributed by atoms with Crippen LogP contribution in [-0.4, -0.2) is 32.8 Å². The minimum absolute atomic E-state index is 0.153. The summed E-state index contributed by atoms with van der Waals surface area (Å²) in [5, 5.41) is 13.4. The van der Waals surface area contributed by atoms with Crippen molar-refractivity contribution in [1.82, 2.24) is 25.7 Å². The van der Waals surface area contributed by atoms with E-state index in [0.717, 1.165) is 12.1 Å². The third kappa shape index (κ3) is 2.69. The van der Waals surface area contributed by atoms with Crippen molar-refractivity contribution in [2.24, 2.45) is 0 Å². The molecule has 1 amide bonds. The number of rotatable bonds is 4. The Kier molecular flexibility index (Phi) is 3.87. The van der Waals surface area contributed by atoms with Gasteiger partial charge >= 0.3 is 0 Å². The van der Waals surface area contributed by atoms with E-state index in [1.165, 1.54) is 0 Å². The predicted molar refractivity (Wildman–Crippen MR) is 92.9 cm³/mol. The average molecular weight is 355 g/mol. The Morgan fingerprint density at radius 1 is 1.12 bits per heavy atom. The van der Waals surface area contributed by atoms with E-state index in [2.05, 4.69) is 25.7 Å². The number of aromatic amines is 2. The Bertz CT molecular complexity index is 1130. The number of nitrogens with zero attached hydrogens (tertiary/aromatic N) is 2. The molecular formula is C18H15F2N5O. The van der Waals surface area contributed by atoms with Crippen LogP contribution in [0.2, 0.25) is 0 Å². The number of nitrogens with one attached hydrogen (secondary N) is 3. The van der Waals surface area contributed by atoms with Crippen molar-refractivity contribution >= 4 is 27.8 Å². The van der Waals surface area contributed by atoms with Gasteiger partial charge in [-0.15, -0.1) is 0 Å². The molecule has 2 aromatic heterocycles. The van der Waals surface area contributed by atoms with Crippen LogP contribution in [0, 0.1) is 18.6 Å². The van der Waals surface area contributed by atoms with Crippen molar-refractivity contribution in [3.05, 3.63) is 58.8 Å². The molecule has 0 saturated heterocycles. The molecule has 2 heterocycles. The number of amides is 1. The molecule has 0 unspecified atom stereocenters. The molecule has 0 fully saturated rings. The fraction of sp³-hybridized carbons (Fsp3) is 0.167. The number of carbonyl (C=O) groups excluding carboxylic acids is 1. The fourth-order valence-electron chi connectivity index (χ4n) is 3.12. The molecule has 4 aromatic rings. The lowest BCUT2D eigenvalue weighted by molar-refractivity contribution is 0.0954. The second-order valence-electron chi connectivity index (χ2n) is 6.04. The van der Waals surface area contributed by atoms with Crippen LogP contribution in [0.1, 0.15) is 21.6 Å². The molecule has 0 spiro atoms. The maximum Gasteiger partial charge on any atom is 0.251 e. The molecule has 2 aromatic carbocycles. The zero-order valence-electron chi connectivity index (χ0n) is 13.9. The molecule has 0 atom stereocenters. The molecule has 0 bridgehead atoms. The van der Waals surface area contributed by atoms with Gasteiger partial charge in [-0.3, -0.25) is 4.79 Å². The second kappa shape index (κ2) is 6.21. The first kappa shape index (κ1) is 16.2.